The molecular formula is C31H32N4O. The number of aromatic nitrogens is 2. The third-order valence-electron chi connectivity index (χ3n) is 7.06. The van der Waals surface area contributed by atoms with Crippen molar-refractivity contribution < 1.29 is 4.79 Å². The van der Waals surface area contributed by atoms with Crippen molar-refractivity contribution in [2.45, 2.75) is 26.8 Å². The summed E-state index contributed by atoms with van der Waals surface area (Å²) >= 11 is 0. The zero-order valence-electron chi connectivity index (χ0n) is 21.3. The number of pyridine rings is 1. The number of ketones is 1. The Balaban J connectivity index is 1.29. The Morgan fingerprint density at radius 3 is 2.58 bits per heavy atom. The van der Waals surface area contributed by atoms with E-state index in [9.17, 15) is 4.79 Å². The van der Waals surface area contributed by atoms with Crippen molar-refractivity contribution in [3.8, 4) is 11.8 Å². The van der Waals surface area contributed by atoms with Crippen molar-refractivity contribution in [2.24, 2.45) is 0 Å². The third-order valence-corrected chi connectivity index (χ3v) is 7.06. The number of piperazine rings is 1. The SMILES string of the molecule is Cc1ccc(C(=O)Cc2ccc(CN3CCN(C)CC3)c(C)c2)cc1C#Cc1cnc2ccccn12. The molecule has 0 unspecified atom stereocenters. The number of aryl methyl sites for hydroxylation is 2. The molecular weight excluding hydrogens is 444 g/mol. The number of hydrogen-bond acceptors (Lipinski definition) is 4. The maximum atomic E-state index is 13.2. The minimum atomic E-state index is 0.110. The first-order chi connectivity index (χ1) is 17.5. The molecule has 36 heavy (non-hydrogen) atoms. The lowest BCUT2D eigenvalue weighted by molar-refractivity contribution is 0.0993. The van der Waals surface area contributed by atoms with Gasteiger partial charge >= 0.3 is 0 Å². The smallest absolute Gasteiger partial charge is 0.167 e. The van der Waals surface area contributed by atoms with Gasteiger partial charge in [0.05, 0.1) is 6.20 Å². The van der Waals surface area contributed by atoms with Crippen LogP contribution in [-0.2, 0) is 13.0 Å². The molecule has 0 bridgehead atoms. The van der Waals surface area contributed by atoms with Crippen LogP contribution in [0.25, 0.3) is 5.65 Å². The number of carbonyl (C=O) groups excluding carboxylic acids is 1. The van der Waals surface area contributed by atoms with Gasteiger partial charge < -0.3 is 4.90 Å². The van der Waals surface area contributed by atoms with Gasteiger partial charge in [-0.25, -0.2) is 4.98 Å². The number of Topliss-reactive ketones (excluding diaryl/α,β-unsaturated/α-hetero) is 1. The molecule has 2 aromatic carbocycles. The van der Waals surface area contributed by atoms with Crippen molar-refractivity contribution in [3.05, 3.63) is 106 Å². The Kier molecular flexibility index (Phi) is 6.99. The molecule has 3 heterocycles. The summed E-state index contributed by atoms with van der Waals surface area (Å²) in [5.74, 6) is 6.59. The van der Waals surface area contributed by atoms with Gasteiger partial charge in [-0.2, -0.15) is 0 Å². The summed E-state index contributed by atoms with van der Waals surface area (Å²) < 4.78 is 1.97. The zero-order valence-corrected chi connectivity index (χ0v) is 21.3. The first-order valence-electron chi connectivity index (χ1n) is 12.5. The second-order valence-corrected chi connectivity index (χ2v) is 9.79. The van der Waals surface area contributed by atoms with Crippen LogP contribution in [0, 0.1) is 25.7 Å². The van der Waals surface area contributed by atoms with E-state index in [1.54, 1.807) is 6.20 Å². The molecule has 1 aliphatic heterocycles. The molecule has 0 aliphatic carbocycles. The summed E-state index contributed by atoms with van der Waals surface area (Å²) in [4.78, 5) is 22.4. The fraction of sp³-hybridized carbons (Fsp3) is 0.290. The molecule has 0 radical (unpaired) electrons. The molecule has 0 amide bonds. The molecule has 182 valence electrons. The van der Waals surface area contributed by atoms with Crippen molar-refractivity contribution in [1.82, 2.24) is 19.2 Å². The van der Waals surface area contributed by atoms with Gasteiger partial charge in [0.1, 0.15) is 11.3 Å². The van der Waals surface area contributed by atoms with E-state index in [0.717, 1.165) is 60.8 Å². The van der Waals surface area contributed by atoms with Crippen LogP contribution in [0.4, 0.5) is 0 Å². The number of carbonyl (C=O) groups is 1. The molecule has 2 aromatic heterocycles. The first kappa shape index (κ1) is 24.0. The number of nitrogens with zero attached hydrogens (tertiary/aromatic N) is 4. The molecule has 0 atom stereocenters. The first-order valence-corrected chi connectivity index (χ1v) is 12.5. The Hall–Kier alpha value is -3.72. The highest BCUT2D eigenvalue weighted by Gasteiger charge is 2.15. The molecule has 0 N–H and O–H groups in total. The van der Waals surface area contributed by atoms with Gasteiger partial charge in [0.25, 0.3) is 0 Å². The molecule has 4 aromatic rings. The second kappa shape index (κ2) is 10.5. The van der Waals surface area contributed by atoms with E-state index in [4.69, 9.17) is 0 Å². The summed E-state index contributed by atoms with van der Waals surface area (Å²) in [6.45, 7) is 9.59. The Bertz CT molecular complexity index is 1460. The van der Waals surface area contributed by atoms with Crippen molar-refractivity contribution in [2.75, 3.05) is 33.2 Å². The third kappa shape index (κ3) is 5.41. The summed E-state index contributed by atoms with van der Waals surface area (Å²) in [6.07, 6.45) is 4.12. The van der Waals surface area contributed by atoms with E-state index >= 15 is 0 Å². The minimum absolute atomic E-state index is 0.110. The quantitative estimate of drug-likeness (QED) is 0.314. The molecule has 1 saturated heterocycles. The minimum Gasteiger partial charge on any atom is -0.304 e. The van der Waals surface area contributed by atoms with Crippen molar-refractivity contribution in [1.29, 1.82) is 0 Å². The fourth-order valence-electron chi connectivity index (χ4n) is 4.67. The van der Waals surface area contributed by atoms with Crippen LogP contribution in [-0.4, -0.2) is 58.2 Å². The van der Waals surface area contributed by atoms with Crippen LogP contribution in [0.2, 0.25) is 0 Å². The number of imidazole rings is 1. The molecule has 0 saturated carbocycles. The lowest BCUT2D eigenvalue weighted by Crippen LogP contribution is -2.43. The molecule has 5 nitrogen and oxygen atoms in total. The van der Waals surface area contributed by atoms with Crippen LogP contribution in [0.3, 0.4) is 0 Å². The predicted octanol–water partition coefficient (Wildman–Crippen LogP) is 4.52. The standard InChI is InChI=1S/C31H32N4O/c1-23-7-9-27(20-26(23)11-12-29-21-32-31-6-4-5-13-35(29)31)30(36)19-25-8-10-28(24(2)18-25)22-34-16-14-33(3)15-17-34/h4-10,13,18,20-21H,14-17,19,22H2,1-3H3. The number of hydrogen-bond donors (Lipinski definition) is 0. The zero-order chi connectivity index (χ0) is 25.1. The maximum Gasteiger partial charge on any atom is 0.167 e. The Morgan fingerprint density at radius 1 is 0.944 bits per heavy atom. The highest BCUT2D eigenvalue weighted by atomic mass is 16.1. The highest BCUT2D eigenvalue weighted by molar-refractivity contribution is 5.98. The van der Waals surface area contributed by atoms with E-state index in [1.165, 1.54) is 11.1 Å². The molecule has 0 spiro atoms. The van der Waals surface area contributed by atoms with Gasteiger partial charge in [-0.15, -0.1) is 0 Å². The van der Waals surface area contributed by atoms with Crippen LogP contribution >= 0.6 is 0 Å². The van der Waals surface area contributed by atoms with Gasteiger partial charge in [-0.05, 0) is 67.3 Å². The summed E-state index contributed by atoms with van der Waals surface area (Å²) in [6, 6.07) is 18.2. The summed E-state index contributed by atoms with van der Waals surface area (Å²) in [7, 11) is 2.18. The van der Waals surface area contributed by atoms with Crippen LogP contribution in [0.1, 0.15) is 43.9 Å². The average Bonchev–Trinajstić information content (AvgIpc) is 3.29. The average molecular weight is 477 g/mol. The molecule has 1 aliphatic rings. The fourth-order valence-corrected chi connectivity index (χ4v) is 4.67. The topological polar surface area (TPSA) is 40.9 Å². The Morgan fingerprint density at radius 2 is 1.78 bits per heavy atom. The summed E-state index contributed by atoms with van der Waals surface area (Å²) in [5.41, 5.74) is 7.96. The highest BCUT2D eigenvalue weighted by Crippen LogP contribution is 2.18. The Labute approximate surface area is 213 Å². The predicted molar refractivity (Wildman–Crippen MR) is 144 cm³/mol. The van der Waals surface area contributed by atoms with Crippen molar-refractivity contribution >= 4 is 11.4 Å². The van der Waals surface area contributed by atoms with Crippen LogP contribution < -0.4 is 0 Å². The lowest BCUT2D eigenvalue weighted by Gasteiger charge is -2.32. The molecule has 5 rings (SSSR count). The largest absolute Gasteiger partial charge is 0.304 e. The maximum absolute atomic E-state index is 13.2. The van der Waals surface area contributed by atoms with Crippen LogP contribution in [0.5, 0.6) is 0 Å². The van der Waals surface area contributed by atoms with E-state index in [0.29, 0.717) is 12.0 Å². The van der Waals surface area contributed by atoms with Gasteiger partial charge in [-0.1, -0.05) is 42.3 Å². The van der Waals surface area contributed by atoms with Gasteiger partial charge in [-0.3, -0.25) is 14.1 Å². The monoisotopic (exact) mass is 476 g/mol. The van der Waals surface area contributed by atoms with E-state index < -0.39 is 0 Å². The van der Waals surface area contributed by atoms with Gasteiger partial charge in [0, 0.05) is 56.5 Å². The van der Waals surface area contributed by atoms with Crippen LogP contribution in [0.15, 0.2) is 67.0 Å². The molecule has 5 heteroatoms. The number of likely N-dealkylation sites (N-methyl/N-ethyl adjacent to an activating group) is 1. The van der Waals surface area contributed by atoms with Gasteiger partial charge in [0.2, 0.25) is 0 Å². The second-order valence-electron chi connectivity index (χ2n) is 9.79. The van der Waals surface area contributed by atoms with E-state index in [1.807, 2.05) is 53.9 Å². The number of fused-ring (bicyclic) bond motifs is 1. The molecule has 1 fully saturated rings. The number of rotatable bonds is 5. The van der Waals surface area contributed by atoms with Crippen molar-refractivity contribution in [3.63, 3.8) is 0 Å². The lowest BCUT2D eigenvalue weighted by atomic mass is 9.96. The van der Waals surface area contributed by atoms with E-state index in [-0.39, 0.29) is 5.78 Å². The van der Waals surface area contributed by atoms with E-state index in [2.05, 4.69) is 58.8 Å². The normalized spacial score (nSPS) is 14.5. The summed E-state index contributed by atoms with van der Waals surface area (Å²) in [5, 5.41) is 0. The number of benzene rings is 2. The van der Waals surface area contributed by atoms with Gasteiger partial charge in [0.15, 0.2) is 5.78 Å².